The second-order valence-corrected chi connectivity index (χ2v) is 10.0. The van der Waals surface area contributed by atoms with Crippen molar-refractivity contribution in [3.63, 3.8) is 0 Å². The normalized spacial score (nSPS) is 17.1. The summed E-state index contributed by atoms with van der Waals surface area (Å²) in [5.41, 5.74) is 7.07. The van der Waals surface area contributed by atoms with Crippen LogP contribution in [0.2, 0.25) is 5.02 Å². The maximum Gasteiger partial charge on any atom is 0.244 e. The maximum absolute atomic E-state index is 13.0. The van der Waals surface area contributed by atoms with Gasteiger partial charge in [-0.2, -0.15) is 0 Å². The van der Waals surface area contributed by atoms with Crippen LogP contribution in [0.5, 0.6) is 0 Å². The van der Waals surface area contributed by atoms with Crippen molar-refractivity contribution in [2.24, 2.45) is 17.6 Å². The summed E-state index contributed by atoms with van der Waals surface area (Å²) < 4.78 is 0.959. The van der Waals surface area contributed by atoms with Gasteiger partial charge in [-0.1, -0.05) is 57.6 Å². The molecular weight excluding hydrogens is 420 g/mol. The van der Waals surface area contributed by atoms with Crippen LogP contribution >= 0.6 is 22.9 Å². The third-order valence-electron chi connectivity index (χ3n) is 5.57. The number of hydrogen-bond acceptors (Lipinski definition) is 5. The fourth-order valence-corrected chi connectivity index (χ4v) is 5.17. The lowest BCUT2D eigenvalue weighted by molar-refractivity contribution is -0.131. The van der Waals surface area contributed by atoms with Crippen molar-refractivity contribution in [2.75, 3.05) is 0 Å². The molecule has 0 bridgehead atoms. The summed E-state index contributed by atoms with van der Waals surface area (Å²) in [5.74, 6) is -0.0816. The summed E-state index contributed by atoms with van der Waals surface area (Å²) in [7, 11) is 0. The Labute approximate surface area is 187 Å². The molecule has 164 valence electrons. The van der Waals surface area contributed by atoms with Crippen LogP contribution in [0.1, 0.15) is 57.4 Å². The molecule has 1 aliphatic carbocycles. The van der Waals surface area contributed by atoms with Crippen molar-refractivity contribution in [1.82, 2.24) is 15.6 Å². The first-order valence-electron chi connectivity index (χ1n) is 10.7. The highest BCUT2D eigenvalue weighted by molar-refractivity contribution is 7.18. The molecule has 3 rings (SSSR count). The highest BCUT2D eigenvalue weighted by Crippen LogP contribution is 2.27. The van der Waals surface area contributed by atoms with Gasteiger partial charge in [-0.25, -0.2) is 4.98 Å². The average molecular weight is 451 g/mol. The monoisotopic (exact) mass is 450 g/mol. The molecule has 0 radical (unpaired) electrons. The minimum absolute atomic E-state index is 0.167. The Hall–Kier alpha value is -1.70. The molecule has 1 aliphatic rings. The fourth-order valence-electron chi connectivity index (χ4n) is 3.88. The third-order valence-corrected chi connectivity index (χ3v) is 6.85. The minimum atomic E-state index is -0.714. The molecule has 1 heterocycles. The van der Waals surface area contributed by atoms with Crippen molar-refractivity contribution in [2.45, 2.75) is 71.0 Å². The Kier molecular flexibility index (Phi) is 8.08. The number of amides is 2. The number of halogens is 1. The molecule has 6 nitrogen and oxygen atoms in total. The van der Waals surface area contributed by atoms with Crippen LogP contribution in [0.15, 0.2) is 18.2 Å². The predicted molar refractivity (Wildman–Crippen MR) is 122 cm³/mol. The average Bonchev–Trinajstić information content (AvgIpc) is 3.09. The number of nitrogens with two attached hydrogens (primary N) is 1. The molecule has 0 aliphatic heterocycles. The van der Waals surface area contributed by atoms with Crippen molar-refractivity contribution in [1.29, 1.82) is 0 Å². The summed E-state index contributed by atoms with van der Waals surface area (Å²) >= 11 is 7.55. The quantitative estimate of drug-likeness (QED) is 0.529. The first kappa shape index (κ1) is 23.0. The maximum atomic E-state index is 13.0. The summed E-state index contributed by atoms with van der Waals surface area (Å²) in [6, 6.07) is 4.80. The van der Waals surface area contributed by atoms with Gasteiger partial charge in [0.25, 0.3) is 0 Å². The van der Waals surface area contributed by atoms with Crippen LogP contribution in [-0.2, 0) is 16.0 Å². The first-order chi connectivity index (χ1) is 14.3. The van der Waals surface area contributed by atoms with Crippen molar-refractivity contribution < 1.29 is 9.59 Å². The number of thiazole rings is 1. The molecule has 30 heavy (non-hydrogen) atoms. The standard InChI is InChI=1S/C22H31ClN4O2S/c1-13(2)21(28)26-17(12-20-25-16-9-8-15(23)11-18(16)30-20)22(29)27-19(24)10-14-6-4-3-5-7-14/h8-9,11,13-14,17,19H,3-7,10,12,24H2,1-2H3,(H,26,28)(H,27,29)/t17-,19-/m0/s1. The van der Waals surface area contributed by atoms with Crippen LogP contribution in [0.4, 0.5) is 0 Å². The van der Waals surface area contributed by atoms with Crippen molar-refractivity contribution in [3.8, 4) is 0 Å². The van der Waals surface area contributed by atoms with Gasteiger partial charge in [0.1, 0.15) is 6.04 Å². The van der Waals surface area contributed by atoms with E-state index >= 15 is 0 Å². The topological polar surface area (TPSA) is 97.1 Å². The van der Waals surface area contributed by atoms with E-state index in [1.807, 2.05) is 12.1 Å². The Morgan fingerprint density at radius 3 is 2.63 bits per heavy atom. The van der Waals surface area contributed by atoms with Gasteiger partial charge in [-0.05, 0) is 30.5 Å². The molecule has 2 atom stereocenters. The zero-order chi connectivity index (χ0) is 21.7. The number of carbonyl (C=O) groups is 2. The van der Waals surface area contributed by atoms with Gasteiger partial charge in [0.2, 0.25) is 11.8 Å². The van der Waals surface area contributed by atoms with Gasteiger partial charge >= 0.3 is 0 Å². The highest BCUT2D eigenvalue weighted by atomic mass is 35.5. The van der Waals surface area contributed by atoms with E-state index in [-0.39, 0.29) is 17.7 Å². The van der Waals surface area contributed by atoms with Crippen molar-refractivity contribution >= 4 is 45.0 Å². The molecule has 4 N–H and O–H groups in total. The Morgan fingerprint density at radius 2 is 1.93 bits per heavy atom. The van der Waals surface area contributed by atoms with Gasteiger partial charge in [0.15, 0.2) is 0 Å². The lowest BCUT2D eigenvalue weighted by Crippen LogP contribution is -2.54. The number of nitrogens with one attached hydrogen (secondary N) is 2. The minimum Gasteiger partial charge on any atom is -0.344 e. The Bertz CT molecular complexity index is 879. The number of carbonyl (C=O) groups excluding carboxylic acids is 2. The number of benzene rings is 1. The second-order valence-electron chi connectivity index (χ2n) is 8.49. The summed E-state index contributed by atoms with van der Waals surface area (Å²) in [6.07, 6.45) is 6.78. The van der Waals surface area contributed by atoms with Crippen LogP contribution < -0.4 is 16.4 Å². The molecular formula is C22H31ClN4O2S. The van der Waals surface area contributed by atoms with E-state index < -0.39 is 12.2 Å². The van der Waals surface area contributed by atoms with Crippen molar-refractivity contribution in [3.05, 3.63) is 28.2 Å². The molecule has 0 saturated heterocycles. The third kappa shape index (κ3) is 6.40. The van der Waals surface area contributed by atoms with Crippen LogP contribution in [0, 0.1) is 11.8 Å². The SMILES string of the molecule is CC(C)C(=O)N[C@@H](Cc1nc2ccc(Cl)cc2s1)C(=O)N[C@H](N)CC1CCCCC1. The highest BCUT2D eigenvalue weighted by Gasteiger charge is 2.26. The number of aromatic nitrogens is 1. The van der Waals surface area contributed by atoms with E-state index in [1.54, 1.807) is 19.9 Å². The van der Waals surface area contributed by atoms with E-state index in [4.69, 9.17) is 17.3 Å². The molecule has 1 aromatic heterocycles. The van der Waals surface area contributed by atoms with Crippen LogP contribution in [0.3, 0.4) is 0 Å². The molecule has 8 heteroatoms. The molecule has 1 fully saturated rings. The predicted octanol–water partition coefficient (Wildman–Crippen LogP) is 4.00. The number of rotatable bonds is 8. The molecule has 1 saturated carbocycles. The summed E-state index contributed by atoms with van der Waals surface area (Å²) in [5, 5.41) is 7.20. The van der Waals surface area contributed by atoms with Crippen LogP contribution in [0.25, 0.3) is 10.2 Å². The Balaban J connectivity index is 1.68. The Morgan fingerprint density at radius 1 is 1.20 bits per heavy atom. The number of hydrogen-bond donors (Lipinski definition) is 3. The zero-order valence-electron chi connectivity index (χ0n) is 17.6. The van der Waals surface area contributed by atoms with E-state index in [0.717, 1.165) is 21.6 Å². The summed E-state index contributed by atoms with van der Waals surface area (Å²) in [6.45, 7) is 3.61. The first-order valence-corrected chi connectivity index (χ1v) is 11.9. The van der Waals surface area contributed by atoms with E-state index in [0.29, 0.717) is 17.4 Å². The van der Waals surface area contributed by atoms with E-state index in [1.165, 1.54) is 43.4 Å². The molecule has 2 aromatic rings. The zero-order valence-corrected chi connectivity index (χ0v) is 19.2. The second kappa shape index (κ2) is 10.6. The smallest absolute Gasteiger partial charge is 0.244 e. The van der Waals surface area contributed by atoms with Crippen LogP contribution in [-0.4, -0.2) is 29.0 Å². The van der Waals surface area contributed by atoms with Gasteiger partial charge in [0.05, 0.1) is 21.4 Å². The molecule has 1 aromatic carbocycles. The van der Waals surface area contributed by atoms with Gasteiger partial charge in [-0.15, -0.1) is 11.3 Å². The summed E-state index contributed by atoms with van der Waals surface area (Å²) in [4.78, 5) is 29.9. The van der Waals surface area contributed by atoms with Gasteiger partial charge in [0, 0.05) is 17.4 Å². The number of nitrogens with zero attached hydrogens (tertiary/aromatic N) is 1. The molecule has 0 unspecified atom stereocenters. The number of fused-ring (bicyclic) bond motifs is 1. The van der Waals surface area contributed by atoms with Gasteiger partial charge in [-0.3, -0.25) is 9.59 Å². The fraction of sp³-hybridized carbons (Fsp3) is 0.591. The van der Waals surface area contributed by atoms with E-state index in [2.05, 4.69) is 15.6 Å². The lowest BCUT2D eigenvalue weighted by Gasteiger charge is -2.26. The molecule has 2 amide bonds. The lowest BCUT2D eigenvalue weighted by atomic mass is 9.86. The molecule has 0 spiro atoms. The van der Waals surface area contributed by atoms with Gasteiger partial charge < -0.3 is 16.4 Å². The van der Waals surface area contributed by atoms with E-state index in [9.17, 15) is 9.59 Å². The largest absolute Gasteiger partial charge is 0.344 e.